The lowest BCUT2D eigenvalue weighted by molar-refractivity contribution is 0.0691. The summed E-state index contributed by atoms with van der Waals surface area (Å²) in [5, 5.41) is 0. The van der Waals surface area contributed by atoms with Crippen molar-refractivity contribution in [2.45, 2.75) is 116 Å². The molecule has 2 aliphatic rings. The summed E-state index contributed by atoms with van der Waals surface area (Å²) in [6.07, 6.45) is 7.90. The standard InChI is InChI=1S/C18H36N2S3/c1-15(2)11-9-12-16(3,4)19(15)21-23-22-20-17(5,6)13-10-14-18(20,7)8/h9-14H2,1-8H3. The molecule has 136 valence electrons. The Hall–Kier alpha value is 0.970. The summed E-state index contributed by atoms with van der Waals surface area (Å²) in [4.78, 5) is 0. The van der Waals surface area contributed by atoms with E-state index in [1.165, 1.54) is 38.5 Å². The number of piperidine rings is 2. The summed E-state index contributed by atoms with van der Waals surface area (Å²) in [7, 11) is 5.92. The van der Waals surface area contributed by atoms with E-state index in [0.29, 0.717) is 0 Å². The number of hydrogen-bond donors (Lipinski definition) is 0. The molecule has 2 nitrogen and oxygen atoms in total. The van der Waals surface area contributed by atoms with Crippen molar-refractivity contribution in [3.8, 4) is 0 Å². The van der Waals surface area contributed by atoms with E-state index in [9.17, 15) is 0 Å². The van der Waals surface area contributed by atoms with Gasteiger partial charge >= 0.3 is 0 Å². The first-order valence-electron chi connectivity index (χ1n) is 9.01. The number of hydrogen-bond acceptors (Lipinski definition) is 5. The van der Waals surface area contributed by atoms with E-state index >= 15 is 0 Å². The molecule has 0 aliphatic carbocycles. The van der Waals surface area contributed by atoms with Crippen molar-refractivity contribution in [1.29, 1.82) is 0 Å². The topological polar surface area (TPSA) is 6.48 Å². The smallest absolute Gasteiger partial charge is 0.0271 e. The highest BCUT2D eigenvalue weighted by Gasteiger charge is 2.44. The Morgan fingerprint density at radius 2 is 0.783 bits per heavy atom. The Kier molecular flexibility index (Phi) is 6.12. The highest BCUT2D eigenvalue weighted by Crippen LogP contribution is 2.54. The van der Waals surface area contributed by atoms with Crippen molar-refractivity contribution < 1.29 is 0 Å². The van der Waals surface area contributed by atoms with Crippen molar-refractivity contribution in [2.24, 2.45) is 0 Å². The Morgan fingerprint density at radius 1 is 0.522 bits per heavy atom. The molecule has 0 N–H and O–H groups in total. The molecule has 2 saturated heterocycles. The third kappa shape index (κ3) is 4.58. The van der Waals surface area contributed by atoms with Gasteiger partial charge in [-0.2, -0.15) is 0 Å². The highest BCUT2D eigenvalue weighted by atomic mass is 33.5. The fraction of sp³-hybridized carbons (Fsp3) is 1.00. The second kappa shape index (κ2) is 6.94. The molecule has 0 bridgehead atoms. The van der Waals surface area contributed by atoms with Gasteiger partial charge in [-0.15, -0.1) is 0 Å². The maximum atomic E-state index is 2.66. The predicted molar refractivity (Wildman–Crippen MR) is 110 cm³/mol. The highest BCUT2D eigenvalue weighted by molar-refractivity contribution is 9.08. The third-order valence-electron chi connectivity index (χ3n) is 5.56. The van der Waals surface area contributed by atoms with E-state index < -0.39 is 0 Å². The summed E-state index contributed by atoms with van der Waals surface area (Å²) in [5.41, 5.74) is 1.14. The van der Waals surface area contributed by atoms with Gasteiger partial charge in [-0.25, -0.2) is 8.61 Å². The van der Waals surface area contributed by atoms with E-state index in [2.05, 4.69) is 64.0 Å². The van der Waals surface area contributed by atoms with Crippen molar-refractivity contribution in [3.63, 3.8) is 0 Å². The molecule has 0 radical (unpaired) electrons. The lowest BCUT2D eigenvalue weighted by Crippen LogP contribution is -2.55. The minimum Gasteiger partial charge on any atom is -0.229 e. The zero-order valence-electron chi connectivity index (χ0n) is 16.4. The van der Waals surface area contributed by atoms with Crippen molar-refractivity contribution in [2.75, 3.05) is 0 Å². The van der Waals surface area contributed by atoms with E-state index in [1.807, 2.05) is 31.8 Å². The second-order valence-corrected chi connectivity index (χ2v) is 13.5. The Balaban J connectivity index is 2.00. The van der Waals surface area contributed by atoms with Crippen LogP contribution in [-0.4, -0.2) is 30.8 Å². The summed E-state index contributed by atoms with van der Waals surface area (Å²) in [6, 6.07) is 0. The first-order valence-corrected chi connectivity index (χ1v) is 12.4. The molecular weight excluding hydrogens is 340 g/mol. The van der Waals surface area contributed by atoms with Crippen molar-refractivity contribution in [3.05, 3.63) is 0 Å². The van der Waals surface area contributed by atoms with Gasteiger partial charge < -0.3 is 0 Å². The zero-order chi connectivity index (χ0) is 17.5. The molecule has 0 amide bonds. The summed E-state index contributed by atoms with van der Waals surface area (Å²) < 4.78 is 5.32. The summed E-state index contributed by atoms with van der Waals surface area (Å²) in [6.45, 7) is 19.2. The van der Waals surface area contributed by atoms with E-state index in [0.717, 1.165) is 0 Å². The van der Waals surface area contributed by atoms with Gasteiger partial charge in [0, 0.05) is 53.9 Å². The molecule has 0 saturated carbocycles. The molecule has 0 aromatic heterocycles. The monoisotopic (exact) mass is 376 g/mol. The van der Waals surface area contributed by atoms with Crippen LogP contribution in [0.5, 0.6) is 0 Å². The Bertz CT molecular complexity index is 348. The van der Waals surface area contributed by atoms with Crippen LogP contribution in [0.2, 0.25) is 0 Å². The zero-order valence-corrected chi connectivity index (χ0v) is 18.8. The van der Waals surface area contributed by atoms with Crippen LogP contribution in [0, 0.1) is 0 Å². The van der Waals surface area contributed by atoms with Crippen LogP contribution in [-0.2, 0) is 0 Å². The van der Waals surface area contributed by atoms with E-state index in [4.69, 9.17) is 0 Å². The first kappa shape index (κ1) is 20.3. The molecule has 0 aromatic carbocycles. The molecule has 0 spiro atoms. The van der Waals surface area contributed by atoms with Crippen molar-refractivity contribution >= 4 is 31.8 Å². The molecule has 23 heavy (non-hydrogen) atoms. The van der Waals surface area contributed by atoms with Gasteiger partial charge in [0.2, 0.25) is 0 Å². The van der Waals surface area contributed by atoms with E-state index in [1.54, 1.807) is 0 Å². The molecule has 0 unspecified atom stereocenters. The van der Waals surface area contributed by atoms with Crippen LogP contribution in [0.4, 0.5) is 0 Å². The third-order valence-corrected chi connectivity index (χ3v) is 10.3. The lowest BCUT2D eigenvalue weighted by Gasteiger charge is -2.53. The molecule has 2 rings (SSSR count). The van der Waals surface area contributed by atoms with Crippen LogP contribution in [0.25, 0.3) is 0 Å². The van der Waals surface area contributed by atoms with Gasteiger partial charge in [0.1, 0.15) is 0 Å². The minimum atomic E-state index is 0.285. The van der Waals surface area contributed by atoms with Gasteiger partial charge in [-0.1, -0.05) is 0 Å². The summed E-state index contributed by atoms with van der Waals surface area (Å²) >= 11 is 0. The lowest BCUT2D eigenvalue weighted by atomic mass is 9.83. The van der Waals surface area contributed by atoms with Crippen LogP contribution in [0.15, 0.2) is 0 Å². The van der Waals surface area contributed by atoms with Gasteiger partial charge in [-0.05, 0) is 93.9 Å². The molecular formula is C18H36N2S3. The van der Waals surface area contributed by atoms with Crippen LogP contribution < -0.4 is 0 Å². The van der Waals surface area contributed by atoms with Gasteiger partial charge in [0.25, 0.3) is 0 Å². The van der Waals surface area contributed by atoms with Crippen molar-refractivity contribution in [1.82, 2.24) is 8.61 Å². The van der Waals surface area contributed by atoms with Gasteiger partial charge in [0.15, 0.2) is 0 Å². The molecule has 2 fully saturated rings. The molecule has 0 aromatic rings. The fourth-order valence-electron chi connectivity index (χ4n) is 4.43. The SMILES string of the molecule is CC1(C)CCCC(C)(C)N1SSSN1C(C)(C)CCCC1(C)C. The number of nitrogens with zero attached hydrogens (tertiary/aromatic N) is 2. The van der Waals surface area contributed by atoms with Gasteiger partial charge in [0.05, 0.1) is 0 Å². The fourth-order valence-corrected chi connectivity index (χ4v) is 9.96. The normalized spacial score (nSPS) is 30.3. The van der Waals surface area contributed by atoms with Gasteiger partial charge in [-0.3, -0.25) is 0 Å². The molecule has 2 heterocycles. The average molecular weight is 377 g/mol. The summed E-state index contributed by atoms with van der Waals surface area (Å²) in [5.74, 6) is 0. The maximum absolute atomic E-state index is 2.66. The average Bonchev–Trinajstić information content (AvgIpc) is 2.33. The molecule has 2 aliphatic heterocycles. The maximum Gasteiger partial charge on any atom is 0.0271 e. The second-order valence-electron chi connectivity index (χ2n) is 9.76. The Labute approximate surface area is 156 Å². The molecule has 5 heteroatoms. The van der Waals surface area contributed by atoms with Crippen LogP contribution in [0.1, 0.15) is 93.9 Å². The Morgan fingerprint density at radius 3 is 1.04 bits per heavy atom. The minimum absolute atomic E-state index is 0.285. The largest absolute Gasteiger partial charge is 0.229 e. The predicted octanol–water partition coefficient (Wildman–Crippen LogP) is 6.93. The van der Waals surface area contributed by atoms with Crippen LogP contribution >= 0.6 is 31.8 Å². The molecule has 0 atom stereocenters. The van der Waals surface area contributed by atoms with Crippen LogP contribution in [0.3, 0.4) is 0 Å². The first-order chi connectivity index (χ1) is 10.4. The van der Waals surface area contributed by atoms with E-state index in [-0.39, 0.29) is 22.2 Å². The quantitative estimate of drug-likeness (QED) is 0.386. The number of rotatable bonds is 4.